The van der Waals surface area contributed by atoms with Gasteiger partial charge in [0.1, 0.15) is 12.6 Å². The van der Waals surface area contributed by atoms with E-state index in [0.29, 0.717) is 0 Å². The highest BCUT2D eigenvalue weighted by Crippen LogP contribution is 2.10. The zero-order valence-electron chi connectivity index (χ0n) is 11.4. The SMILES string of the molecule is CC(C)C1N=C(NC(=O)OCc2ccccc2)NC1=O. The summed E-state index contributed by atoms with van der Waals surface area (Å²) >= 11 is 0. The lowest BCUT2D eigenvalue weighted by Gasteiger charge is -2.06. The van der Waals surface area contributed by atoms with Gasteiger partial charge in [-0.25, -0.2) is 9.79 Å². The molecular weight excluding hydrogens is 258 g/mol. The number of hydrogen-bond donors (Lipinski definition) is 2. The highest BCUT2D eigenvalue weighted by Gasteiger charge is 2.29. The fraction of sp³-hybridized carbons (Fsp3) is 0.357. The Morgan fingerprint density at radius 3 is 2.70 bits per heavy atom. The van der Waals surface area contributed by atoms with Gasteiger partial charge in [0.15, 0.2) is 0 Å². The van der Waals surface area contributed by atoms with Crippen molar-refractivity contribution in [2.24, 2.45) is 10.9 Å². The molecule has 20 heavy (non-hydrogen) atoms. The summed E-state index contributed by atoms with van der Waals surface area (Å²) in [6.45, 7) is 3.95. The summed E-state index contributed by atoms with van der Waals surface area (Å²) < 4.78 is 5.04. The van der Waals surface area contributed by atoms with Gasteiger partial charge in [0, 0.05) is 0 Å². The summed E-state index contributed by atoms with van der Waals surface area (Å²) in [5.41, 5.74) is 0.889. The summed E-state index contributed by atoms with van der Waals surface area (Å²) in [4.78, 5) is 27.3. The Hall–Kier alpha value is -2.37. The molecule has 2 amide bonds. The summed E-state index contributed by atoms with van der Waals surface area (Å²) in [6, 6.07) is 8.88. The molecule has 1 unspecified atom stereocenters. The zero-order chi connectivity index (χ0) is 14.5. The molecule has 0 aromatic heterocycles. The summed E-state index contributed by atoms with van der Waals surface area (Å²) in [5.74, 6) is 0.0137. The summed E-state index contributed by atoms with van der Waals surface area (Å²) in [5, 5.41) is 4.93. The normalized spacial score (nSPS) is 17.6. The van der Waals surface area contributed by atoms with Gasteiger partial charge >= 0.3 is 6.09 Å². The largest absolute Gasteiger partial charge is 0.444 e. The van der Waals surface area contributed by atoms with Crippen molar-refractivity contribution in [1.82, 2.24) is 10.6 Å². The van der Waals surface area contributed by atoms with Crippen molar-refractivity contribution in [3.05, 3.63) is 35.9 Å². The fourth-order valence-corrected chi connectivity index (χ4v) is 1.79. The van der Waals surface area contributed by atoms with Gasteiger partial charge in [-0.2, -0.15) is 0 Å². The average molecular weight is 275 g/mol. The first-order chi connectivity index (χ1) is 9.56. The third-order valence-electron chi connectivity index (χ3n) is 2.84. The first-order valence-electron chi connectivity index (χ1n) is 6.42. The maximum Gasteiger partial charge on any atom is 0.414 e. The minimum Gasteiger partial charge on any atom is -0.444 e. The van der Waals surface area contributed by atoms with Crippen LogP contribution in [0.1, 0.15) is 19.4 Å². The second-order valence-corrected chi connectivity index (χ2v) is 4.84. The van der Waals surface area contributed by atoms with Gasteiger partial charge in [-0.1, -0.05) is 44.2 Å². The van der Waals surface area contributed by atoms with Crippen molar-refractivity contribution >= 4 is 18.0 Å². The van der Waals surface area contributed by atoms with E-state index in [2.05, 4.69) is 15.6 Å². The molecule has 0 radical (unpaired) electrons. The molecule has 0 saturated heterocycles. The Kier molecular flexibility index (Phi) is 4.34. The van der Waals surface area contributed by atoms with Gasteiger partial charge in [-0.05, 0) is 11.5 Å². The van der Waals surface area contributed by atoms with Crippen LogP contribution in [0.15, 0.2) is 35.3 Å². The molecule has 1 aliphatic rings. The minimum atomic E-state index is -0.641. The quantitative estimate of drug-likeness (QED) is 0.875. The van der Waals surface area contributed by atoms with Crippen LogP contribution in [-0.4, -0.2) is 24.0 Å². The maximum atomic E-state index is 11.6. The molecule has 0 spiro atoms. The number of ether oxygens (including phenoxy) is 1. The molecule has 1 aliphatic heterocycles. The standard InChI is InChI=1S/C14H17N3O3/c1-9(2)11-12(18)16-13(15-11)17-14(19)20-8-10-6-4-3-5-7-10/h3-7,9,11H,8H2,1-2H3,(H2,15,16,17,18,19). The fourth-order valence-electron chi connectivity index (χ4n) is 1.79. The third-order valence-corrected chi connectivity index (χ3v) is 2.84. The topological polar surface area (TPSA) is 79.8 Å². The van der Waals surface area contributed by atoms with E-state index in [1.165, 1.54) is 0 Å². The Bertz CT molecular complexity index is 526. The third kappa shape index (κ3) is 3.57. The summed E-state index contributed by atoms with van der Waals surface area (Å²) in [6.07, 6.45) is -0.641. The van der Waals surface area contributed by atoms with Gasteiger partial charge in [-0.3, -0.25) is 15.4 Å². The maximum absolute atomic E-state index is 11.6. The van der Waals surface area contributed by atoms with Gasteiger partial charge in [0.05, 0.1) is 0 Å². The number of nitrogens with zero attached hydrogens (tertiary/aromatic N) is 1. The second kappa shape index (κ2) is 6.18. The first-order valence-corrected chi connectivity index (χ1v) is 6.42. The van der Waals surface area contributed by atoms with Crippen molar-refractivity contribution in [1.29, 1.82) is 0 Å². The van der Waals surface area contributed by atoms with Gasteiger partial charge in [0.25, 0.3) is 5.91 Å². The average Bonchev–Trinajstić information content (AvgIpc) is 2.78. The molecule has 0 saturated carbocycles. The van der Waals surface area contributed by atoms with E-state index >= 15 is 0 Å². The Morgan fingerprint density at radius 1 is 1.40 bits per heavy atom. The molecule has 1 heterocycles. The van der Waals surface area contributed by atoms with E-state index < -0.39 is 12.1 Å². The second-order valence-electron chi connectivity index (χ2n) is 4.84. The van der Waals surface area contributed by atoms with Crippen molar-refractivity contribution < 1.29 is 14.3 Å². The number of nitrogens with one attached hydrogen (secondary N) is 2. The molecule has 6 nitrogen and oxygen atoms in total. The van der Waals surface area contributed by atoms with E-state index in [-0.39, 0.29) is 24.4 Å². The van der Waals surface area contributed by atoms with Crippen LogP contribution in [0.4, 0.5) is 4.79 Å². The molecule has 0 fully saturated rings. The van der Waals surface area contributed by atoms with E-state index in [4.69, 9.17) is 4.74 Å². The molecule has 2 N–H and O–H groups in total. The molecule has 0 aliphatic carbocycles. The smallest absolute Gasteiger partial charge is 0.414 e. The number of rotatable bonds is 3. The van der Waals surface area contributed by atoms with Crippen LogP contribution in [0.25, 0.3) is 0 Å². The van der Waals surface area contributed by atoms with Crippen LogP contribution in [0.5, 0.6) is 0 Å². The van der Waals surface area contributed by atoms with E-state index in [0.717, 1.165) is 5.56 Å². The minimum absolute atomic E-state index is 0.0784. The Balaban J connectivity index is 1.83. The zero-order valence-corrected chi connectivity index (χ0v) is 11.4. The van der Waals surface area contributed by atoms with Crippen LogP contribution >= 0.6 is 0 Å². The number of carbonyl (C=O) groups is 2. The molecule has 1 atom stereocenters. The molecule has 2 rings (SSSR count). The number of hydrogen-bond acceptors (Lipinski definition) is 4. The van der Waals surface area contributed by atoms with Crippen molar-refractivity contribution in [2.45, 2.75) is 26.5 Å². The van der Waals surface area contributed by atoms with E-state index in [1.807, 2.05) is 44.2 Å². The van der Waals surface area contributed by atoms with Gasteiger partial charge < -0.3 is 4.74 Å². The highest BCUT2D eigenvalue weighted by molar-refractivity contribution is 6.09. The van der Waals surface area contributed by atoms with Crippen LogP contribution in [0.3, 0.4) is 0 Å². The Labute approximate surface area is 117 Å². The number of amides is 2. The van der Waals surface area contributed by atoms with Crippen LogP contribution in [0, 0.1) is 5.92 Å². The lowest BCUT2D eigenvalue weighted by molar-refractivity contribution is -0.120. The molecule has 1 aromatic carbocycles. The predicted octanol–water partition coefficient (Wildman–Crippen LogP) is 1.42. The van der Waals surface area contributed by atoms with Crippen LogP contribution in [0.2, 0.25) is 0 Å². The number of aliphatic imine (C=N–C) groups is 1. The van der Waals surface area contributed by atoms with Crippen LogP contribution < -0.4 is 10.6 Å². The van der Waals surface area contributed by atoms with Crippen molar-refractivity contribution in [2.75, 3.05) is 0 Å². The molecule has 6 heteroatoms. The lowest BCUT2D eigenvalue weighted by atomic mass is 10.1. The monoisotopic (exact) mass is 275 g/mol. The molecule has 1 aromatic rings. The van der Waals surface area contributed by atoms with Crippen molar-refractivity contribution in [3.8, 4) is 0 Å². The predicted molar refractivity (Wildman–Crippen MR) is 74.0 cm³/mol. The molecular formula is C14H17N3O3. The number of carbonyl (C=O) groups excluding carboxylic acids is 2. The molecule has 0 bridgehead atoms. The van der Waals surface area contributed by atoms with E-state index in [1.54, 1.807) is 0 Å². The number of guanidine groups is 1. The van der Waals surface area contributed by atoms with E-state index in [9.17, 15) is 9.59 Å². The van der Waals surface area contributed by atoms with Gasteiger partial charge in [0.2, 0.25) is 5.96 Å². The summed E-state index contributed by atoms with van der Waals surface area (Å²) in [7, 11) is 0. The lowest BCUT2D eigenvalue weighted by Crippen LogP contribution is -2.41. The van der Waals surface area contributed by atoms with Crippen LogP contribution in [-0.2, 0) is 16.1 Å². The van der Waals surface area contributed by atoms with Crippen molar-refractivity contribution in [3.63, 3.8) is 0 Å². The number of alkyl carbamates (subject to hydrolysis) is 1. The Morgan fingerprint density at radius 2 is 2.10 bits per heavy atom. The highest BCUT2D eigenvalue weighted by atomic mass is 16.5. The number of benzene rings is 1. The molecule has 106 valence electrons. The van der Waals surface area contributed by atoms with Gasteiger partial charge in [-0.15, -0.1) is 0 Å². The first kappa shape index (κ1) is 14.0.